The Morgan fingerprint density at radius 3 is 2.52 bits per heavy atom. The number of benzene rings is 3. The van der Waals surface area contributed by atoms with Crippen LogP contribution in [0.25, 0.3) is 0 Å². The van der Waals surface area contributed by atoms with Crippen molar-refractivity contribution in [3.8, 4) is 0 Å². The van der Waals surface area contributed by atoms with E-state index in [-0.39, 0.29) is 5.92 Å². The second kappa shape index (κ2) is 10.0. The van der Waals surface area contributed by atoms with E-state index in [1.807, 2.05) is 30.3 Å². The van der Waals surface area contributed by atoms with Crippen molar-refractivity contribution >= 4 is 34.6 Å². The predicted octanol–water partition coefficient (Wildman–Crippen LogP) is 6.02. The highest BCUT2D eigenvalue weighted by Crippen LogP contribution is 2.29. The third-order valence-electron chi connectivity index (χ3n) is 5.10. The first-order chi connectivity index (χ1) is 14.0. The first-order valence-electron chi connectivity index (χ1n) is 9.79. The van der Waals surface area contributed by atoms with E-state index in [0.29, 0.717) is 16.6 Å². The lowest BCUT2D eigenvalue weighted by atomic mass is 9.95. The summed E-state index contributed by atoms with van der Waals surface area (Å²) in [5.41, 5.74) is 18.7. The van der Waals surface area contributed by atoms with E-state index in [2.05, 4.69) is 42.6 Å². The zero-order valence-electron chi connectivity index (χ0n) is 16.6. The molecule has 1 unspecified atom stereocenters. The Kier molecular flexibility index (Phi) is 7.43. The zero-order chi connectivity index (χ0) is 20.8. The molecule has 0 radical (unpaired) electrons. The molecule has 0 aliphatic heterocycles. The number of hydrogen-bond acceptors (Lipinski definition) is 3. The highest BCUT2D eigenvalue weighted by Gasteiger charge is 2.13. The number of nitrogens with one attached hydrogen (secondary N) is 1. The van der Waals surface area contributed by atoms with E-state index in [0.717, 1.165) is 41.9 Å². The fourth-order valence-electron chi connectivity index (χ4n) is 3.51. The summed E-state index contributed by atoms with van der Waals surface area (Å²) in [6, 6.07) is 20.4. The normalized spacial score (nSPS) is 12.0. The second-order valence-electron chi connectivity index (χ2n) is 7.41. The summed E-state index contributed by atoms with van der Waals surface area (Å²) in [5, 5.41) is 4.67. The largest absolute Gasteiger partial charge is 0.398 e. The maximum atomic E-state index is 6.23. The average Bonchev–Trinajstić information content (AvgIpc) is 2.69. The molecule has 0 amide bonds. The molecule has 5 heteroatoms. The van der Waals surface area contributed by atoms with Gasteiger partial charge in [0, 0.05) is 23.8 Å². The molecular weight excluding hydrogens is 401 g/mol. The molecule has 0 aromatic heterocycles. The van der Waals surface area contributed by atoms with Gasteiger partial charge in [0.2, 0.25) is 0 Å². The molecule has 0 saturated heterocycles. The highest BCUT2D eigenvalue weighted by molar-refractivity contribution is 6.42. The van der Waals surface area contributed by atoms with Crippen LogP contribution < -0.4 is 16.8 Å². The minimum atomic E-state index is 0.243. The van der Waals surface area contributed by atoms with E-state index in [1.165, 1.54) is 11.1 Å². The van der Waals surface area contributed by atoms with Crippen LogP contribution in [0, 0.1) is 6.92 Å². The zero-order valence-corrected chi connectivity index (χ0v) is 18.1. The molecule has 152 valence electrons. The predicted molar refractivity (Wildman–Crippen MR) is 126 cm³/mol. The van der Waals surface area contributed by atoms with Gasteiger partial charge in [-0.2, -0.15) is 0 Å². The van der Waals surface area contributed by atoms with Gasteiger partial charge in [-0.3, -0.25) is 0 Å². The minimum absolute atomic E-state index is 0.243. The lowest BCUT2D eigenvalue weighted by molar-refractivity contribution is 0.660. The Bertz CT molecular complexity index is 972. The molecule has 29 heavy (non-hydrogen) atoms. The molecule has 0 bridgehead atoms. The Morgan fingerprint density at radius 2 is 1.79 bits per heavy atom. The fraction of sp³-hybridized carbons (Fsp3) is 0.250. The number of aryl methyl sites for hydroxylation is 1. The summed E-state index contributed by atoms with van der Waals surface area (Å²) in [7, 11) is 0. The monoisotopic (exact) mass is 427 g/mol. The van der Waals surface area contributed by atoms with Crippen molar-refractivity contribution in [3.05, 3.63) is 93.0 Å². The molecule has 0 saturated carbocycles. The molecule has 3 aromatic rings. The molecule has 0 heterocycles. The smallest absolute Gasteiger partial charge is 0.0595 e. The molecule has 5 N–H and O–H groups in total. The molecule has 1 atom stereocenters. The number of rotatable bonds is 8. The number of nitrogen functional groups attached to an aromatic ring is 1. The van der Waals surface area contributed by atoms with Gasteiger partial charge in [-0.1, -0.05) is 59.1 Å². The second-order valence-corrected chi connectivity index (χ2v) is 8.22. The lowest BCUT2D eigenvalue weighted by Gasteiger charge is -2.19. The molecule has 0 fully saturated rings. The Balaban J connectivity index is 1.73. The molecule has 0 aliphatic rings. The van der Waals surface area contributed by atoms with E-state index < -0.39 is 0 Å². The van der Waals surface area contributed by atoms with Gasteiger partial charge in [0.05, 0.1) is 10.0 Å². The quantitative estimate of drug-likeness (QED) is 0.385. The van der Waals surface area contributed by atoms with E-state index in [1.54, 1.807) is 0 Å². The fourth-order valence-corrected chi connectivity index (χ4v) is 3.81. The Morgan fingerprint density at radius 1 is 0.966 bits per heavy atom. The van der Waals surface area contributed by atoms with Crippen molar-refractivity contribution in [1.29, 1.82) is 0 Å². The van der Waals surface area contributed by atoms with E-state index in [9.17, 15) is 0 Å². The van der Waals surface area contributed by atoms with Crippen molar-refractivity contribution < 1.29 is 0 Å². The number of nitrogens with two attached hydrogens (primary N) is 2. The van der Waals surface area contributed by atoms with Crippen LogP contribution in [0.15, 0.2) is 60.7 Å². The van der Waals surface area contributed by atoms with E-state index in [4.69, 9.17) is 34.7 Å². The SMILES string of the molecule is Cc1cccc(Cc2cc(NCC(CCN)c3ccc(Cl)c(Cl)c3)ccc2N)c1. The summed E-state index contributed by atoms with van der Waals surface area (Å²) < 4.78 is 0. The van der Waals surface area contributed by atoms with Crippen LogP contribution in [0.5, 0.6) is 0 Å². The minimum Gasteiger partial charge on any atom is -0.398 e. The third kappa shape index (κ3) is 5.89. The summed E-state index contributed by atoms with van der Waals surface area (Å²) >= 11 is 12.3. The van der Waals surface area contributed by atoms with Gasteiger partial charge in [0.25, 0.3) is 0 Å². The summed E-state index contributed by atoms with van der Waals surface area (Å²) in [6.07, 6.45) is 1.66. The summed E-state index contributed by atoms with van der Waals surface area (Å²) in [6.45, 7) is 3.46. The summed E-state index contributed by atoms with van der Waals surface area (Å²) in [5.74, 6) is 0.243. The topological polar surface area (TPSA) is 64.1 Å². The van der Waals surface area contributed by atoms with Crippen LogP contribution in [0.2, 0.25) is 10.0 Å². The Hall–Kier alpha value is -2.20. The van der Waals surface area contributed by atoms with Gasteiger partial charge in [-0.15, -0.1) is 0 Å². The van der Waals surface area contributed by atoms with Gasteiger partial charge < -0.3 is 16.8 Å². The molecule has 0 aliphatic carbocycles. The van der Waals surface area contributed by atoms with Crippen molar-refractivity contribution in [1.82, 2.24) is 0 Å². The molecular formula is C24H27Cl2N3. The summed E-state index contributed by atoms with van der Waals surface area (Å²) in [4.78, 5) is 0. The average molecular weight is 428 g/mol. The van der Waals surface area contributed by atoms with Crippen LogP contribution >= 0.6 is 23.2 Å². The van der Waals surface area contributed by atoms with E-state index >= 15 is 0 Å². The number of hydrogen-bond donors (Lipinski definition) is 3. The van der Waals surface area contributed by atoms with Crippen LogP contribution in [-0.4, -0.2) is 13.1 Å². The van der Waals surface area contributed by atoms with Crippen LogP contribution in [0.4, 0.5) is 11.4 Å². The standard InChI is InChI=1S/C24H27Cl2N3/c1-16-3-2-4-17(11-16)12-20-13-21(6-8-24(20)28)29-15-19(9-10-27)18-5-7-22(25)23(26)14-18/h2-8,11,13-14,19,29H,9-10,12,15,27-28H2,1H3. The van der Waals surface area contributed by atoms with Gasteiger partial charge >= 0.3 is 0 Å². The Labute approximate surface area is 183 Å². The van der Waals surface area contributed by atoms with Gasteiger partial charge in [-0.25, -0.2) is 0 Å². The van der Waals surface area contributed by atoms with Crippen LogP contribution in [-0.2, 0) is 6.42 Å². The van der Waals surface area contributed by atoms with Crippen molar-refractivity contribution in [2.75, 3.05) is 24.1 Å². The van der Waals surface area contributed by atoms with Crippen molar-refractivity contribution in [2.45, 2.75) is 25.7 Å². The third-order valence-corrected chi connectivity index (χ3v) is 5.84. The van der Waals surface area contributed by atoms with Crippen LogP contribution in [0.3, 0.4) is 0 Å². The highest BCUT2D eigenvalue weighted by atomic mass is 35.5. The molecule has 3 aromatic carbocycles. The van der Waals surface area contributed by atoms with Gasteiger partial charge in [0.15, 0.2) is 0 Å². The molecule has 3 rings (SSSR count). The maximum absolute atomic E-state index is 6.23. The molecule has 3 nitrogen and oxygen atoms in total. The number of halogens is 2. The maximum Gasteiger partial charge on any atom is 0.0595 e. The van der Waals surface area contributed by atoms with Gasteiger partial charge in [-0.05, 0) is 73.3 Å². The van der Waals surface area contributed by atoms with Crippen molar-refractivity contribution in [2.24, 2.45) is 5.73 Å². The van der Waals surface area contributed by atoms with Crippen LogP contribution in [0.1, 0.15) is 34.6 Å². The first-order valence-corrected chi connectivity index (χ1v) is 10.5. The first kappa shape index (κ1) is 21.5. The molecule has 0 spiro atoms. The van der Waals surface area contributed by atoms with Gasteiger partial charge in [0.1, 0.15) is 0 Å². The lowest BCUT2D eigenvalue weighted by Crippen LogP contribution is -2.17. The number of anilines is 2. The van der Waals surface area contributed by atoms with Crippen molar-refractivity contribution in [3.63, 3.8) is 0 Å².